The van der Waals surface area contributed by atoms with E-state index < -0.39 is 0 Å². The van der Waals surface area contributed by atoms with Gasteiger partial charge in [0.25, 0.3) is 0 Å². The number of aryl methyl sites for hydroxylation is 1. The van der Waals surface area contributed by atoms with Crippen LogP contribution in [0.15, 0.2) is 12.9 Å². The average Bonchev–Trinajstić information content (AvgIpc) is 2.03. The number of nitrogens with two attached hydrogens (primary N) is 1. The molecule has 0 saturated carbocycles. The van der Waals surface area contributed by atoms with Crippen LogP contribution in [-0.4, -0.2) is 17.0 Å². The van der Waals surface area contributed by atoms with Crippen molar-refractivity contribution in [2.45, 2.75) is 6.92 Å². The van der Waals surface area contributed by atoms with E-state index in [1.807, 2.05) is 6.92 Å². The minimum absolute atomic E-state index is 0.757. The van der Waals surface area contributed by atoms with E-state index in [1.54, 1.807) is 13.1 Å². The molecule has 0 aliphatic carbocycles. The van der Waals surface area contributed by atoms with Crippen LogP contribution >= 0.6 is 0 Å². The van der Waals surface area contributed by atoms with E-state index in [0.717, 1.165) is 17.1 Å². The van der Waals surface area contributed by atoms with E-state index in [4.69, 9.17) is 5.84 Å². The fourth-order valence-electron chi connectivity index (χ4n) is 1.07. The first-order chi connectivity index (χ1) is 5.66. The monoisotopic (exact) mass is 164 g/mol. The number of rotatable bonds is 2. The summed E-state index contributed by atoms with van der Waals surface area (Å²) in [5, 5.41) is 1.49. The molecule has 0 radical (unpaired) electrons. The van der Waals surface area contributed by atoms with Crippen LogP contribution in [0.2, 0.25) is 0 Å². The van der Waals surface area contributed by atoms with Crippen LogP contribution in [-0.2, 0) is 0 Å². The molecule has 1 heterocycles. The fraction of sp³-hybridized carbons (Fsp3) is 0.250. The molecule has 0 aliphatic heterocycles. The topological polar surface area (TPSA) is 55.0 Å². The smallest absolute Gasteiger partial charge is 0.116 e. The van der Waals surface area contributed by atoms with E-state index in [9.17, 15) is 0 Å². The van der Waals surface area contributed by atoms with Gasteiger partial charge in [0.05, 0.1) is 17.1 Å². The summed E-state index contributed by atoms with van der Waals surface area (Å²) >= 11 is 0. The number of hydrogen-bond donors (Lipinski definition) is 1. The number of aromatic nitrogens is 2. The third-order valence-corrected chi connectivity index (χ3v) is 1.58. The minimum atomic E-state index is 0.757. The van der Waals surface area contributed by atoms with Crippen LogP contribution in [0.4, 0.5) is 5.69 Å². The maximum atomic E-state index is 5.60. The average molecular weight is 164 g/mol. The van der Waals surface area contributed by atoms with Gasteiger partial charge in [-0.25, -0.2) is 15.8 Å². The summed E-state index contributed by atoms with van der Waals surface area (Å²) in [5.41, 5.74) is 2.42. The predicted molar refractivity (Wildman–Crippen MR) is 49.5 cm³/mol. The van der Waals surface area contributed by atoms with Crippen LogP contribution in [0, 0.1) is 6.92 Å². The molecule has 0 bridgehead atoms. The van der Waals surface area contributed by atoms with Gasteiger partial charge in [0.15, 0.2) is 0 Å². The first-order valence-electron chi connectivity index (χ1n) is 3.59. The van der Waals surface area contributed by atoms with Crippen molar-refractivity contribution in [2.75, 3.05) is 12.1 Å². The standard InChI is InChI=1S/C8H12N4/c1-4-7-8(12(3)9)6(2)10-5-11-7/h4-5H,1,9H2,2-3H3. The zero-order valence-electron chi connectivity index (χ0n) is 7.28. The lowest BCUT2D eigenvalue weighted by atomic mass is 10.2. The first kappa shape index (κ1) is 8.67. The molecule has 0 amide bonds. The van der Waals surface area contributed by atoms with E-state index >= 15 is 0 Å². The SMILES string of the molecule is C=Cc1ncnc(C)c1N(C)N. The van der Waals surface area contributed by atoms with Crippen molar-refractivity contribution in [3.05, 3.63) is 24.3 Å². The Morgan fingerprint density at radius 1 is 1.58 bits per heavy atom. The van der Waals surface area contributed by atoms with Crippen LogP contribution in [0.3, 0.4) is 0 Å². The Hall–Kier alpha value is -1.42. The van der Waals surface area contributed by atoms with Gasteiger partial charge in [0.1, 0.15) is 6.33 Å². The molecule has 0 aromatic carbocycles. The Bertz CT molecular complexity index is 293. The highest BCUT2D eigenvalue weighted by molar-refractivity contribution is 5.64. The summed E-state index contributed by atoms with van der Waals surface area (Å²) < 4.78 is 0. The quantitative estimate of drug-likeness (QED) is 0.517. The van der Waals surface area contributed by atoms with E-state index in [-0.39, 0.29) is 0 Å². The maximum Gasteiger partial charge on any atom is 0.116 e. The third kappa shape index (κ3) is 1.43. The van der Waals surface area contributed by atoms with Gasteiger partial charge in [0, 0.05) is 7.05 Å². The lowest BCUT2D eigenvalue weighted by molar-refractivity contribution is 0.959. The highest BCUT2D eigenvalue weighted by Crippen LogP contribution is 2.18. The van der Waals surface area contributed by atoms with E-state index in [2.05, 4.69) is 16.5 Å². The molecular formula is C8H12N4. The van der Waals surface area contributed by atoms with Gasteiger partial charge in [-0.1, -0.05) is 6.58 Å². The van der Waals surface area contributed by atoms with Gasteiger partial charge in [-0.2, -0.15) is 0 Å². The van der Waals surface area contributed by atoms with Gasteiger partial charge in [0.2, 0.25) is 0 Å². The summed E-state index contributed by atoms with van der Waals surface area (Å²) in [6, 6.07) is 0. The van der Waals surface area contributed by atoms with Crippen LogP contribution in [0.1, 0.15) is 11.4 Å². The van der Waals surface area contributed by atoms with Gasteiger partial charge >= 0.3 is 0 Å². The number of hydrazine groups is 1. The largest absolute Gasteiger partial charge is 0.310 e. The summed E-state index contributed by atoms with van der Waals surface area (Å²) in [6.07, 6.45) is 3.16. The van der Waals surface area contributed by atoms with Crippen molar-refractivity contribution < 1.29 is 0 Å². The zero-order valence-corrected chi connectivity index (χ0v) is 7.28. The molecule has 4 nitrogen and oxygen atoms in total. The van der Waals surface area contributed by atoms with Crippen molar-refractivity contribution in [1.82, 2.24) is 9.97 Å². The highest BCUT2D eigenvalue weighted by atomic mass is 15.4. The lowest BCUT2D eigenvalue weighted by Gasteiger charge is -2.15. The van der Waals surface area contributed by atoms with E-state index in [0.29, 0.717) is 0 Å². The van der Waals surface area contributed by atoms with Gasteiger partial charge in [-0.15, -0.1) is 0 Å². The first-order valence-corrected chi connectivity index (χ1v) is 3.59. The number of nitrogens with zero attached hydrogens (tertiary/aromatic N) is 3. The lowest BCUT2D eigenvalue weighted by Crippen LogP contribution is -2.27. The molecule has 0 aliphatic rings. The van der Waals surface area contributed by atoms with Crippen LogP contribution < -0.4 is 10.9 Å². The van der Waals surface area contributed by atoms with Crippen molar-refractivity contribution in [3.8, 4) is 0 Å². The third-order valence-electron chi connectivity index (χ3n) is 1.58. The molecule has 0 saturated heterocycles. The highest BCUT2D eigenvalue weighted by Gasteiger charge is 2.06. The van der Waals surface area contributed by atoms with E-state index in [1.165, 1.54) is 11.3 Å². The van der Waals surface area contributed by atoms with Crippen molar-refractivity contribution in [3.63, 3.8) is 0 Å². The summed E-state index contributed by atoms with van der Waals surface area (Å²) in [4.78, 5) is 8.06. The molecule has 1 rings (SSSR count). The predicted octanol–water partition coefficient (Wildman–Crippen LogP) is 0.738. The second kappa shape index (κ2) is 3.32. The molecule has 64 valence electrons. The number of anilines is 1. The van der Waals surface area contributed by atoms with Crippen molar-refractivity contribution >= 4 is 11.8 Å². The Kier molecular flexibility index (Phi) is 2.40. The molecule has 1 aromatic rings. The normalized spacial score (nSPS) is 9.58. The molecule has 0 fully saturated rings. The molecule has 12 heavy (non-hydrogen) atoms. The van der Waals surface area contributed by atoms with Gasteiger partial charge in [-0.05, 0) is 13.0 Å². The minimum Gasteiger partial charge on any atom is -0.310 e. The Balaban J connectivity index is 3.29. The maximum absolute atomic E-state index is 5.60. The molecule has 4 heteroatoms. The Morgan fingerprint density at radius 2 is 2.25 bits per heavy atom. The summed E-state index contributed by atoms with van der Waals surface area (Å²) in [5.74, 6) is 5.60. The van der Waals surface area contributed by atoms with Crippen LogP contribution in [0.5, 0.6) is 0 Å². The molecule has 0 spiro atoms. The molecule has 0 atom stereocenters. The van der Waals surface area contributed by atoms with Gasteiger partial charge in [-0.3, -0.25) is 0 Å². The summed E-state index contributed by atoms with van der Waals surface area (Å²) in [7, 11) is 1.75. The summed E-state index contributed by atoms with van der Waals surface area (Å²) in [6.45, 7) is 5.52. The van der Waals surface area contributed by atoms with Crippen LogP contribution in [0.25, 0.3) is 6.08 Å². The molecular weight excluding hydrogens is 152 g/mol. The fourth-order valence-corrected chi connectivity index (χ4v) is 1.07. The molecule has 2 N–H and O–H groups in total. The second-order valence-corrected chi connectivity index (χ2v) is 2.51. The van der Waals surface area contributed by atoms with Crippen molar-refractivity contribution in [1.29, 1.82) is 0 Å². The molecule has 1 aromatic heterocycles. The second-order valence-electron chi connectivity index (χ2n) is 2.51. The molecule has 0 unspecified atom stereocenters. The van der Waals surface area contributed by atoms with Crippen molar-refractivity contribution in [2.24, 2.45) is 5.84 Å². The zero-order chi connectivity index (χ0) is 9.14. The Labute approximate surface area is 71.7 Å². The Morgan fingerprint density at radius 3 is 2.67 bits per heavy atom. The number of hydrogen-bond acceptors (Lipinski definition) is 4. The van der Waals surface area contributed by atoms with Gasteiger partial charge < -0.3 is 5.01 Å².